The van der Waals surface area contributed by atoms with Gasteiger partial charge in [-0.1, -0.05) is 0 Å². The quantitative estimate of drug-likeness (QED) is 0.468. The lowest BCUT2D eigenvalue weighted by atomic mass is 10.7. The van der Waals surface area contributed by atoms with E-state index in [4.69, 9.17) is 1.37 Å². The van der Waals surface area contributed by atoms with E-state index in [1.165, 1.54) is 0 Å². The van der Waals surface area contributed by atoms with Crippen LogP contribution in [0.3, 0.4) is 0 Å². The lowest BCUT2D eigenvalue weighted by Crippen LogP contribution is -1.38. The summed E-state index contributed by atoms with van der Waals surface area (Å²) in [5.41, 5.74) is 0. The highest BCUT2D eigenvalue weighted by atomic mass is 14.6. The van der Waals surface area contributed by atoms with E-state index in [0.29, 0.717) is 6.04 Å². The van der Waals surface area contributed by atoms with Crippen molar-refractivity contribution in [2.45, 2.75) is 0 Å². The van der Waals surface area contributed by atoms with Crippen LogP contribution in [0.5, 0.6) is 0 Å². The molecule has 1 aromatic rings. The van der Waals surface area contributed by atoms with Gasteiger partial charge in [0, 0.05) is 12.4 Å². The van der Waals surface area contributed by atoms with E-state index >= 15 is 0 Å². The van der Waals surface area contributed by atoms with Crippen molar-refractivity contribution in [3.05, 3.63) is 24.5 Å². The second kappa shape index (κ2) is 0.931. The minimum absolute atomic E-state index is 0.537. The molecule has 1 heteroatoms. The van der Waals surface area contributed by atoms with Gasteiger partial charge in [-0.3, -0.25) is 0 Å². The zero-order valence-corrected chi connectivity index (χ0v) is 2.73. The molecule has 0 atom stereocenters. The van der Waals surface area contributed by atoms with Crippen molar-refractivity contribution in [2.75, 3.05) is 0 Å². The van der Waals surface area contributed by atoms with Gasteiger partial charge in [0.1, 0.15) is 0 Å². The van der Waals surface area contributed by atoms with E-state index < -0.39 is 0 Å². The molecule has 26 valence electrons. The summed E-state index contributed by atoms with van der Waals surface area (Å²) in [5.74, 6) is 0. The average Bonchev–Trinajstić information content (AvgIpc) is 1.86. The summed E-state index contributed by atoms with van der Waals surface area (Å²) in [6.45, 7) is 0. The number of hydrogen-bond acceptors (Lipinski definition) is 0. The predicted molar refractivity (Wildman–Crippen MR) is 20.8 cm³/mol. The normalized spacial score (nSPS) is 10.8. The van der Waals surface area contributed by atoms with Crippen LogP contribution in [0, 0.1) is 0 Å². The summed E-state index contributed by atoms with van der Waals surface area (Å²) in [7, 11) is 0. The van der Waals surface area contributed by atoms with Crippen molar-refractivity contribution in [3.8, 4) is 0 Å². The van der Waals surface area contributed by atoms with Crippen LogP contribution in [0.1, 0.15) is 1.37 Å². The SMILES string of the molecule is [3H]c1cc[nH]c1. The fourth-order valence-corrected chi connectivity index (χ4v) is 0.241. The van der Waals surface area contributed by atoms with Crippen molar-refractivity contribution in [3.63, 3.8) is 0 Å². The highest BCUT2D eigenvalue weighted by Gasteiger charge is 1.55. The summed E-state index contributed by atoms with van der Waals surface area (Å²) in [6.07, 6.45) is 3.35. The monoisotopic (exact) mass is 69.1 g/mol. The first-order valence-electron chi connectivity index (χ1n) is 1.99. The molecule has 0 saturated heterocycles. The van der Waals surface area contributed by atoms with Crippen LogP contribution in [0.15, 0.2) is 24.5 Å². The minimum Gasteiger partial charge on any atom is -0.368 e. The van der Waals surface area contributed by atoms with Gasteiger partial charge in [-0.2, -0.15) is 0 Å². The summed E-state index contributed by atoms with van der Waals surface area (Å²) in [4.78, 5) is 2.74. The summed E-state index contributed by atoms with van der Waals surface area (Å²) < 4.78 is 6.84. The van der Waals surface area contributed by atoms with E-state index in [9.17, 15) is 0 Å². The molecular formula is C4H5N. The fourth-order valence-electron chi connectivity index (χ4n) is 0.241. The molecule has 1 rings (SSSR count). The smallest absolute Gasteiger partial charge is 0.0639 e. The number of aromatic nitrogens is 1. The summed E-state index contributed by atoms with van der Waals surface area (Å²) in [6, 6.07) is 2.23. The van der Waals surface area contributed by atoms with Gasteiger partial charge >= 0.3 is 0 Å². The number of rotatable bonds is 0. The van der Waals surface area contributed by atoms with E-state index in [-0.39, 0.29) is 0 Å². The van der Waals surface area contributed by atoms with E-state index in [1.54, 1.807) is 18.5 Å². The molecule has 0 unspecified atom stereocenters. The maximum absolute atomic E-state index is 6.84. The molecule has 1 aromatic heterocycles. The topological polar surface area (TPSA) is 15.8 Å². The Hall–Kier alpha value is -0.720. The van der Waals surface area contributed by atoms with E-state index in [2.05, 4.69) is 4.98 Å². The van der Waals surface area contributed by atoms with Gasteiger partial charge in [0.15, 0.2) is 0 Å². The first-order valence-corrected chi connectivity index (χ1v) is 1.49. The van der Waals surface area contributed by atoms with Crippen LogP contribution >= 0.6 is 0 Å². The van der Waals surface area contributed by atoms with Gasteiger partial charge in [-0.15, -0.1) is 0 Å². The Kier molecular flexibility index (Phi) is 0.307. The molecule has 0 aliphatic heterocycles. The number of hydrogen-bond donors (Lipinski definition) is 1. The fraction of sp³-hybridized carbons (Fsp3) is 0. The molecular weight excluding hydrogens is 62.1 g/mol. The third-order valence-electron chi connectivity index (χ3n) is 0.442. The Balaban J connectivity index is 3.05. The van der Waals surface area contributed by atoms with E-state index in [0.717, 1.165) is 0 Å². The van der Waals surface area contributed by atoms with Crippen molar-refractivity contribution < 1.29 is 1.37 Å². The number of nitrogens with one attached hydrogen (secondary N) is 1. The van der Waals surface area contributed by atoms with Crippen LogP contribution in [0.25, 0.3) is 0 Å². The molecule has 0 aliphatic rings. The minimum atomic E-state index is 0.537. The molecule has 0 saturated carbocycles. The van der Waals surface area contributed by atoms with Gasteiger partial charge in [-0.05, 0) is 12.1 Å². The molecule has 0 bridgehead atoms. The van der Waals surface area contributed by atoms with Crippen molar-refractivity contribution in [1.82, 2.24) is 4.98 Å². The van der Waals surface area contributed by atoms with Crippen LogP contribution in [-0.2, 0) is 0 Å². The van der Waals surface area contributed by atoms with Gasteiger partial charge in [-0.25, -0.2) is 0 Å². The zero-order valence-electron chi connectivity index (χ0n) is 3.73. The molecule has 1 N–H and O–H groups in total. The lowest BCUT2D eigenvalue weighted by Gasteiger charge is -1.49. The Morgan fingerprint density at radius 1 is 1.60 bits per heavy atom. The van der Waals surface area contributed by atoms with Gasteiger partial charge in [0.05, 0.1) is 1.37 Å². The van der Waals surface area contributed by atoms with Crippen LogP contribution in [-0.4, -0.2) is 4.98 Å². The zero-order chi connectivity index (χ0) is 4.41. The third kappa shape index (κ3) is 0.293. The average molecular weight is 69.1 g/mol. The van der Waals surface area contributed by atoms with E-state index in [1.807, 2.05) is 0 Å². The molecule has 0 radical (unpaired) electrons. The van der Waals surface area contributed by atoms with Crippen LogP contribution in [0.2, 0.25) is 0 Å². The second-order valence-corrected chi connectivity index (χ2v) is 0.811. The maximum Gasteiger partial charge on any atom is 0.0639 e. The third-order valence-corrected chi connectivity index (χ3v) is 0.442. The summed E-state index contributed by atoms with van der Waals surface area (Å²) >= 11 is 0. The molecule has 0 aliphatic carbocycles. The Bertz CT molecular complexity index is 111. The first kappa shape index (κ1) is 1.65. The summed E-state index contributed by atoms with van der Waals surface area (Å²) in [5, 5.41) is 0. The molecule has 1 nitrogen and oxygen atoms in total. The Morgan fingerprint density at radius 2 is 2.60 bits per heavy atom. The standard InChI is InChI=1S/C4H5N/c1-2-4-5-3-1/h1-5H/i1T. The molecule has 0 amide bonds. The largest absolute Gasteiger partial charge is 0.368 e. The molecule has 5 heavy (non-hydrogen) atoms. The molecule has 1 heterocycles. The molecule has 0 fully saturated rings. The Labute approximate surface area is 32.0 Å². The van der Waals surface area contributed by atoms with Crippen molar-refractivity contribution in [1.29, 1.82) is 0 Å². The van der Waals surface area contributed by atoms with Gasteiger partial charge in [0.25, 0.3) is 0 Å². The molecule has 0 aromatic carbocycles. The van der Waals surface area contributed by atoms with Gasteiger partial charge in [0.2, 0.25) is 0 Å². The Morgan fingerprint density at radius 3 is 2.80 bits per heavy atom. The second-order valence-electron chi connectivity index (χ2n) is 0.811. The van der Waals surface area contributed by atoms with Crippen LogP contribution < -0.4 is 0 Å². The van der Waals surface area contributed by atoms with Crippen molar-refractivity contribution in [2.24, 2.45) is 0 Å². The molecule has 0 spiro atoms. The first-order chi connectivity index (χ1) is 2.89. The highest BCUT2D eigenvalue weighted by molar-refractivity contribution is 4.84. The predicted octanol–water partition coefficient (Wildman–Crippen LogP) is 1.01. The van der Waals surface area contributed by atoms with Crippen molar-refractivity contribution >= 4 is 0 Å². The number of H-pyrrole nitrogens is 1. The number of aromatic amines is 1. The maximum atomic E-state index is 6.84. The van der Waals surface area contributed by atoms with Gasteiger partial charge < -0.3 is 4.98 Å². The van der Waals surface area contributed by atoms with Crippen LogP contribution in [0.4, 0.5) is 0 Å². The highest BCUT2D eigenvalue weighted by Crippen LogP contribution is 1.72. The lowest BCUT2D eigenvalue weighted by molar-refractivity contribution is 1.42.